The predicted molar refractivity (Wildman–Crippen MR) is 76.2 cm³/mol. The number of aliphatic hydroxyl groups excluding tert-OH is 1. The van der Waals surface area contributed by atoms with Crippen LogP contribution in [-0.4, -0.2) is 35.3 Å². The molecule has 0 aliphatic rings. The molecule has 0 fully saturated rings. The second-order valence-corrected chi connectivity index (χ2v) is 4.26. The number of hydrogen-bond donors (Lipinski definition) is 2. The zero-order valence-corrected chi connectivity index (χ0v) is 11.0. The highest BCUT2D eigenvalue weighted by molar-refractivity contribution is 5.49. The Morgan fingerprint density at radius 3 is 2.79 bits per heavy atom. The first-order valence-corrected chi connectivity index (χ1v) is 6.20. The monoisotopic (exact) mass is 258 g/mol. The minimum Gasteiger partial charge on any atom is -0.395 e. The number of likely N-dealkylation sites (N-methyl/N-ethyl adjacent to an activating group) is 1. The Morgan fingerprint density at radius 1 is 1.26 bits per heavy atom. The highest BCUT2D eigenvalue weighted by atomic mass is 16.3. The van der Waals surface area contributed by atoms with Gasteiger partial charge >= 0.3 is 0 Å². The molecule has 19 heavy (non-hydrogen) atoms. The lowest BCUT2D eigenvalue weighted by Gasteiger charge is -2.17. The Labute approximate surface area is 112 Å². The van der Waals surface area contributed by atoms with E-state index in [1.165, 1.54) is 0 Å². The van der Waals surface area contributed by atoms with Crippen molar-refractivity contribution in [3.63, 3.8) is 0 Å². The standard InChI is InChI=1S/C14H18N4O/c1-18(7-8-19)13-4-5-14(17-11-13)16-10-12-3-2-6-15-9-12/h2-6,9,11,19H,7-8,10H2,1H3,(H,16,17). The van der Waals surface area contributed by atoms with E-state index < -0.39 is 0 Å². The number of hydrogen-bond acceptors (Lipinski definition) is 5. The number of nitrogens with one attached hydrogen (secondary N) is 1. The van der Waals surface area contributed by atoms with E-state index in [-0.39, 0.29) is 6.61 Å². The van der Waals surface area contributed by atoms with E-state index in [1.807, 2.05) is 42.4 Å². The van der Waals surface area contributed by atoms with Crippen molar-refractivity contribution in [2.45, 2.75) is 6.54 Å². The molecule has 2 rings (SSSR count). The minimum atomic E-state index is 0.136. The summed E-state index contributed by atoms with van der Waals surface area (Å²) in [6.07, 6.45) is 5.38. The van der Waals surface area contributed by atoms with Crippen molar-refractivity contribution in [3.8, 4) is 0 Å². The van der Waals surface area contributed by atoms with E-state index >= 15 is 0 Å². The fourth-order valence-electron chi connectivity index (χ4n) is 1.69. The Kier molecular flexibility index (Phi) is 4.69. The Hall–Kier alpha value is -2.14. The topological polar surface area (TPSA) is 61.3 Å². The number of aliphatic hydroxyl groups is 1. The summed E-state index contributed by atoms with van der Waals surface area (Å²) in [7, 11) is 1.93. The Morgan fingerprint density at radius 2 is 2.16 bits per heavy atom. The number of anilines is 2. The van der Waals surface area contributed by atoms with E-state index in [0.717, 1.165) is 17.1 Å². The van der Waals surface area contributed by atoms with Gasteiger partial charge in [-0.1, -0.05) is 6.07 Å². The number of nitrogens with zero attached hydrogens (tertiary/aromatic N) is 3. The fraction of sp³-hybridized carbons (Fsp3) is 0.286. The molecule has 2 N–H and O–H groups in total. The maximum Gasteiger partial charge on any atom is 0.126 e. The summed E-state index contributed by atoms with van der Waals surface area (Å²) >= 11 is 0. The van der Waals surface area contributed by atoms with E-state index in [4.69, 9.17) is 5.11 Å². The molecule has 0 aromatic carbocycles. The largest absolute Gasteiger partial charge is 0.395 e. The number of pyridine rings is 2. The molecule has 2 heterocycles. The van der Waals surface area contributed by atoms with Gasteiger partial charge in [0.15, 0.2) is 0 Å². The van der Waals surface area contributed by atoms with Gasteiger partial charge in [0.25, 0.3) is 0 Å². The lowest BCUT2D eigenvalue weighted by Crippen LogP contribution is -2.21. The summed E-state index contributed by atoms with van der Waals surface area (Å²) in [6, 6.07) is 7.84. The molecule has 100 valence electrons. The normalized spacial score (nSPS) is 10.2. The maximum absolute atomic E-state index is 8.88. The highest BCUT2D eigenvalue weighted by Gasteiger charge is 2.01. The van der Waals surface area contributed by atoms with Gasteiger partial charge in [-0.15, -0.1) is 0 Å². The molecule has 0 bridgehead atoms. The third-order valence-corrected chi connectivity index (χ3v) is 2.82. The van der Waals surface area contributed by atoms with Crippen molar-refractivity contribution in [1.82, 2.24) is 9.97 Å². The summed E-state index contributed by atoms with van der Waals surface area (Å²) in [6.45, 7) is 1.44. The lowest BCUT2D eigenvalue weighted by atomic mass is 10.3. The minimum absolute atomic E-state index is 0.136. The molecule has 0 saturated heterocycles. The third-order valence-electron chi connectivity index (χ3n) is 2.82. The molecule has 5 nitrogen and oxygen atoms in total. The summed E-state index contributed by atoms with van der Waals surface area (Å²) in [5, 5.41) is 12.1. The van der Waals surface area contributed by atoms with Crippen molar-refractivity contribution < 1.29 is 5.11 Å². The smallest absolute Gasteiger partial charge is 0.126 e. The molecule has 0 aliphatic carbocycles. The Balaban J connectivity index is 1.92. The van der Waals surface area contributed by atoms with Gasteiger partial charge < -0.3 is 15.3 Å². The average Bonchev–Trinajstić information content (AvgIpc) is 2.47. The van der Waals surface area contributed by atoms with E-state index in [9.17, 15) is 0 Å². The Bertz CT molecular complexity index is 487. The summed E-state index contributed by atoms with van der Waals surface area (Å²) in [5.74, 6) is 0.824. The van der Waals surface area contributed by atoms with Crippen LogP contribution in [0.2, 0.25) is 0 Å². The van der Waals surface area contributed by atoms with Gasteiger partial charge in [0.05, 0.1) is 18.5 Å². The van der Waals surface area contributed by atoms with Crippen LogP contribution in [0.4, 0.5) is 11.5 Å². The average molecular weight is 258 g/mol. The van der Waals surface area contributed by atoms with Crippen LogP contribution in [0.5, 0.6) is 0 Å². The van der Waals surface area contributed by atoms with E-state index in [0.29, 0.717) is 13.1 Å². The first-order valence-electron chi connectivity index (χ1n) is 6.20. The van der Waals surface area contributed by atoms with E-state index in [1.54, 1.807) is 12.4 Å². The quantitative estimate of drug-likeness (QED) is 0.822. The molecule has 2 aromatic rings. The van der Waals surface area contributed by atoms with Crippen molar-refractivity contribution in [3.05, 3.63) is 48.4 Å². The van der Waals surface area contributed by atoms with Crippen molar-refractivity contribution in [2.75, 3.05) is 30.4 Å². The van der Waals surface area contributed by atoms with Gasteiger partial charge in [0.2, 0.25) is 0 Å². The number of aromatic nitrogens is 2. The van der Waals surface area contributed by atoms with Crippen LogP contribution >= 0.6 is 0 Å². The van der Waals surface area contributed by atoms with Crippen molar-refractivity contribution in [2.24, 2.45) is 0 Å². The summed E-state index contributed by atoms with van der Waals surface area (Å²) in [4.78, 5) is 10.4. The van der Waals surface area contributed by atoms with Crippen LogP contribution < -0.4 is 10.2 Å². The van der Waals surface area contributed by atoms with Gasteiger partial charge in [0, 0.05) is 32.5 Å². The third kappa shape index (κ3) is 3.93. The zero-order valence-electron chi connectivity index (χ0n) is 11.0. The van der Waals surface area contributed by atoms with Crippen LogP contribution in [0.3, 0.4) is 0 Å². The molecular formula is C14H18N4O. The zero-order chi connectivity index (χ0) is 13.5. The maximum atomic E-state index is 8.88. The molecule has 0 amide bonds. The molecule has 5 heteroatoms. The molecule has 0 radical (unpaired) electrons. The predicted octanol–water partition coefficient (Wildman–Crippen LogP) is 1.52. The second kappa shape index (κ2) is 6.70. The van der Waals surface area contributed by atoms with Crippen LogP contribution in [-0.2, 0) is 6.54 Å². The molecule has 0 aliphatic heterocycles. The number of rotatable bonds is 6. The van der Waals surface area contributed by atoms with Crippen LogP contribution in [0, 0.1) is 0 Å². The first-order chi connectivity index (χ1) is 9.29. The van der Waals surface area contributed by atoms with E-state index in [2.05, 4.69) is 15.3 Å². The van der Waals surface area contributed by atoms with Crippen molar-refractivity contribution in [1.29, 1.82) is 0 Å². The van der Waals surface area contributed by atoms with Crippen LogP contribution in [0.25, 0.3) is 0 Å². The summed E-state index contributed by atoms with van der Waals surface area (Å²) in [5.41, 5.74) is 2.10. The van der Waals surface area contributed by atoms with Crippen LogP contribution in [0.15, 0.2) is 42.9 Å². The molecule has 0 unspecified atom stereocenters. The summed E-state index contributed by atoms with van der Waals surface area (Å²) < 4.78 is 0. The first kappa shape index (κ1) is 13.3. The second-order valence-electron chi connectivity index (χ2n) is 4.26. The lowest BCUT2D eigenvalue weighted by molar-refractivity contribution is 0.304. The highest BCUT2D eigenvalue weighted by Crippen LogP contribution is 2.13. The van der Waals surface area contributed by atoms with Gasteiger partial charge in [-0.2, -0.15) is 0 Å². The SMILES string of the molecule is CN(CCO)c1ccc(NCc2cccnc2)nc1. The molecule has 0 saturated carbocycles. The van der Waals surface area contributed by atoms with Crippen LogP contribution in [0.1, 0.15) is 5.56 Å². The molecule has 2 aromatic heterocycles. The van der Waals surface area contributed by atoms with Gasteiger partial charge in [-0.3, -0.25) is 4.98 Å². The van der Waals surface area contributed by atoms with Crippen molar-refractivity contribution >= 4 is 11.5 Å². The molecule has 0 spiro atoms. The van der Waals surface area contributed by atoms with Gasteiger partial charge in [-0.05, 0) is 23.8 Å². The van der Waals surface area contributed by atoms with Gasteiger partial charge in [-0.25, -0.2) is 4.98 Å². The van der Waals surface area contributed by atoms with Gasteiger partial charge in [0.1, 0.15) is 5.82 Å². The molecular weight excluding hydrogens is 240 g/mol. The fourth-order valence-corrected chi connectivity index (χ4v) is 1.69. The molecule has 0 atom stereocenters.